The lowest BCUT2D eigenvalue weighted by Gasteiger charge is -2.10. The molecular weight excluding hydrogens is 462 g/mol. The molecule has 1 aromatic carbocycles. The fourth-order valence-corrected chi connectivity index (χ4v) is 5.01. The lowest BCUT2D eigenvalue weighted by Crippen LogP contribution is -2.08. The van der Waals surface area contributed by atoms with Crippen LogP contribution in [0.2, 0.25) is 0 Å². The molecule has 0 saturated carbocycles. The summed E-state index contributed by atoms with van der Waals surface area (Å²) in [5.41, 5.74) is 4.43. The molecule has 0 amide bonds. The summed E-state index contributed by atoms with van der Waals surface area (Å²) in [6.45, 7) is 8.21. The first-order valence-corrected chi connectivity index (χ1v) is 12.2. The first-order valence-electron chi connectivity index (χ1n) is 11.2. The van der Waals surface area contributed by atoms with Gasteiger partial charge in [-0.1, -0.05) is 47.3 Å². The van der Waals surface area contributed by atoms with Gasteiger partial charge < -0.3 is 8.94 Å². The third-order valence-electron chi connectivity index (χ3n) is 5.91. The number of nitrogens with zero attached hydrogens (tertiary/aromatic N) is 5. The van der Waals surface area contributed by atoms with Gasteiger partial charge in [0.1, 0.15) is 11.5 Å². The maximum atomic E-state index is 13.2. The third-order valence-corrected chi connectivity index (χ3v) is 6.88. The monoisotopic (exact) mass is 487 g/mol. The van der Waals surface area contributed by atoms with Gasteiger partial charge in [-0.15, -0.1) is 10.2 Å². The van der Waals surface area contributed by atoms with Gasteiger partial charge in [-0.25, -0.2) is 0 Å². The number of carbonyl (C=O) groups excluding carboxylic acids is 1. The summed E-state index contributed by atoms with van der Waals surface area (Å²) in [4.78, 5) is 13.2. The molecule has 0 radical (unpaired) electrons. The highest BCUT2D eigenvalue weighted by Crippen LogP contribution is 2.29. The van der Waals surface area contributed by atoms with E-state index in [0.717, 1.165) is 39.9 Å². The standard InChI is InChI=1S/C26H25N5O3S/c1-16-12-22(18(3)31(16)24-13-17(2)34-29-24)23(32)15-35-26-28-27-25(21-10-11-33-19(21)4)30(26)14-20-8-6-5-7-9-20/h5-13H,14-15H2,1-4H3. The van der Waals surface area contributed by atoms with Crippen LogP contribution in [0.1, 0.15) is 38.8 Å². The van der Waals surface area contributed by atoms with E-state index in [1.807, 2.05) is 73.2 Å². The van der Waals surface area contributed by atoms with Crippen molar-refractivity contribution in [1.82, 2.24) is 24.5 Å². The maximum Gasteiger partial charge on any atom is 0.192 e. The van der Waals surface area contributed by atoms with Crippen molar-refractivity contribution in [1.29, 1.82) is 0 Å². The van der Waals surface area contributed by atoms with Gasteiger partial charge in [0.05, 0.1) is 24.1 Å². The number of hydrogen-bond acceptors (Lipinski definition) is 7. The number of benzene rings is 1. The van der Waals surface area contributed by atoms with E-state index in [4.69, 9.17) is 8.94 Å². The minimum atomic E-state index is 0.0184. The second kappa shape index (κ2) is 9.42. The number of furan rings is 1. The number of rotatable bonds is 8. The minimum Gasteiger partial charge on any atom is -0.469 e. The van der Waals surface area contributed by atoms with Crippen molar-refractivity contribution in [3.63, 3.8) is 0 Å². The molecule has 0 spiro atoms. The van der Waals surface area contributed by atoms with E-state index >= 15 is 0 Å². The van der Waals surface area contributed by atoms with Gasteiger partial charge in [-0.05, 0) is 45.4 Å². The molecule has 0 unspecified atom stereocenters. The number of Topliss-reactive ketones (excluding diaryl/α,β-unsaturated/α-hetero) is 1. The minimum absolute atomic E-state index is 0.0184. The first kappa shape index (κ1) is 22.9. The maximum absolute atomic E-state index is 13.2. The summed E-state index contributed by atoms with van der Waals surface area (Å²) in [5.74, 6) is 3.14. The lowest BCUT2D eigenvalue weighted by molar-refractivity contribution is 0.102. The summed E-state index contributed by atoms with van der Waals surface area (Å²) in [5, 5.41) is 13.6. The van der Waals surface area contributed by atoms with Crippen molar-refractivity contribution >= 4 is 17.5 Å². The fourth-order valence-electron chi connectivity index (χ4n) is 4.18. The molecule has 0 bridgehead atoms. The van der Waals surface area contributed by atoms with Crippen LogP contribution in [-0.2, 0) is 6.54 Å². The van der Waals surface area contributed by atoms with Crippen molar-refractivity contribution in [2.24, 2.45) is 0 Å². The summed E-state index contributed by atoms with van der Waals surface area (Å²) in [6, 6.07) is 15.8. The summed E-state index contributed by atoms with van der Waals surface area (Å²) in [7, 11) is 0. The van der Waals surface area contributed by atoms with Crippen LogP contribution in [0, 0.1) is 27.7 Å². The molecule has 0 aliphatic carbocycles. The molecule has 35 heavy (non-hydrogen) atoms. The molecule has 4 aromatic heterocycles. The molecule has 0 aliphatic rings. The third kappa shape index (κ3) is 4.46. The second-order valence-electron chi connectivity index (χ2n) is 8.40. The van der Waals surface area contributed by atoms with Crippen LogP contribution in [-0.4, -0.2) is 36.0 Å². The molecule has 0 aliphatic heterocycles. The Balaban J connectivity index is 1.41. The van der Waals surface area contributed by atoms with Gasteiger partial charge in [0.2, 0.25) is 0 Å². The van der Waals surface area contributed by atoms with E-state index in [1.165, 1.54) is 11.8 Å². The first-order chi connectivity index (χ1) is 16.9. The van der Waals surface area contributed by atoms with E-state index in [1.54, 1.807) is 6.26 Å². The number of aromatic nitrogens is 5. The number of ketones is 1. The molecule has 5 aromatic rings. The topological polar surface area (TPSA) is 91.9 Å². The molecule has 0 N–H and O–H groups in total. The van der Waals surface area contributed by atoms with Crippen molar-refractivity contribution in [2.75, 3.05) is 5.75 Å². The van der Waals surface area contributed by atoms with E-state index in [2.05, 4.69) is 27.5 Å². The van der Waals surface area contributed by atoms with Crippen molar-refractivity contribution < 1.29 is 13.7 Å². The molecule has 4 heterocycles. The Morgan fingerprint density at radius 3 is 2.51 bits per heavy atom. The molecule has 0 saturated heterocycles. The number of hydrogen-bond donors (Lipinski definition) is 0. The Morgan fingerprint density at radius 2 is 1.83 bits per heavy atom. The van der Waals surface area contributed by atoms with Gasteiger partial charge in [-0.2, -0.15) is 0 Å². The largest absolute Gasteiger partial charge is 0.469 e. The van der Waals surface area contributed by atoms with Crippen LogP contribution in [0.4, 0.5) is 0 Å². The summed E-state index contributed by atoms with van der Waals surface area (Å²) >= 11 is 1.38. The molecule has 8 nitrogen and oxygen atoms in total. The number of aryl methyl sites for hydroxylation is 3. The van der Waals surface area contributed by atoms with Gasteiger partial charge in [0, 0.05) is 23.0 Å². The normalized spacial score (nSPS) is 11.3. The molecule has 178 valence electrons. The van der Waals surface area contributed by atoms with E-state index in [9.17, 15) is 4.79 Å². The van der Waals surface area contributed by atoms with Gasteiger partial charge >= 0.3 is 0 Å². The number of thioether (sulfide) groups is 1. The quantitative estimate of drug-likeness (QED) is 0.209. The van der Waals surface area contributed by atoms with Crippen LogP contribution < -0.4 is 0 Å². The highest BCUT2D eigenvalue weighted by molar-refractivity contribution is 7.99. The molecule has 0 fully saturated rings. The summed E-state index contributed by atoms with van der Waals surface area (Å²) in [6.07, 6.45) is 1.65. The number of carbonyl (C=O) groups is 1. The Kier molecular flexibility index (Phi) is 6.17. The van der Waals surface area contributed by atoms with Gasteiger partial charge in [0.25, 0.3) is 0 Å². The Morgan fingerprint density at radius 1 is 1.03 bits per heavy atom. The molecule has 5 rings (SSSR count). The van der Waals surface area contributed by atoms with Gasteiger partial charge in [-0.3, -0.25) is 13.9 Å². The van der Waals surface area contributed by atoms with Crippen molar-refractivity contribution in [2.45, 2.75) is 39.4 Å². The highest BCUT2D eigenvalue weighted by Gasteiger charge is 2.22. The fraction of sp³-hybridized carbons (Fsp3) is 0.231. The van der Waals surface area contributed by atoms with Crippen LogP contribution in [0.15, 0.2) is 68.9 Å². The predicted molar refractivity (Wildman–Crippen MR) is 133 cm³/mol. The average Bonchev–Trinajstić information content (AvgIpc) is 3.61. The Labute approximate surface area is 207 Å². The zero-order valence-electron chi connectivity index (χ0n) is 20.0. The van der Waals surface area contributed by atoms with Crippen LogP contribution in [0.25, 0.3) is 17.2 Å². The van der Waals surface area contributed by atoms with E-state index in [0.29, 0.717) is 23.1 Å². The Bertz CT molecular complexity index is 1490. The van der Waals surface area contributed by atoms with Crippen molar-refractivity contribution in [3.05, 3.63) is 88.8 Å². The van der Waals surface area contributed by atoms with Gasteiger partial charge in [0.15, 0.2) is 22.6 Å². The van der Waals surface area contributed by atoms with E-state index in [-0.39, 0.29) is 11.5 Å². The smallest absolute Gasteiger partial charge is 0.192 e. The average molecular weight is 488 g/mol. The lowest BCUT2D eigenvalue weighted by atomic mass is 10.2. The Hall–Kier alpha value is -3.85. The van der Waals surface area contributed by atoms with E-state index < -0.39 is 0 Å². The zero-order chi connectivity index (χ0) is 24.5. The zero-order valence-corrected chi connectivity index (χ0v) is 20.8. The van der Waals surface area contributed by atoms with Crippen LogP contribution >= 0.6 is 11.8 Å². The highest BCUT2D eigenvalue weighted by atomic mass is 32.2. The van der Waals surface area contributed by atoms with Crippen molar-refractivity contribution in [3.8, 4) is 17.2 Å². The van der Waals surface area contributed by atoms with Crippen LogP contribution in [0.3, 0.4) is 0 Å². The van der Waals surface area contributed by atoms with Crippen LogP contribution in [0.5, 0.6) is 0 Å². The molecular formula is C26H25N5O3S. The molecule has 0 atom stereocenters. The predicted octanol–water partition coefficient (Wildman–Crippen LogP) is 5.57. The molecule has 9 heteroatoms. The second-order valence-corrected chi connectivity index (χ2v) is 9.34. The SMILES string of the molecule is Cc1cc(-n2c(C)cc(C(=O)CSc3nnc(-c4ccoc4C)n3Cc3ccccc3)c2C)no1. The summed E-state index contributed by atoms with van der Waals surface area (Å²) < 4.78 is 14.7.